The standard InChI is InChI=1S/C8H10N2/c9-8-4-1-2-6-10-7-3-5-8/h1-7,10H,9H2. The lowest BCUT2D eigenvalue weighted by Gasteiger charge is -1.78. The third-order valence-electron chi connectivity index (χ3n) is 1.07. The third kappa shape index (κ3) is 2.22. The van der Waals surface area contributed by atoms with Crippen LogP contribution in [0, 0.1) is 0 Å². The second kappa shape index (κ2) is 3.56. The Balaban J connectivity index is 3.13. The number of nitrogens with one attached hydrogen (secondary N) is 1. The lowest BCUT2D eigenvalue weighted by molar-refractivity contribution is 1.36. The van der Waals surface area contributed by atoms with Crippen LogP contribution in [0.4, 0.5) is 5.69 Å². The molecule has 0 spiro atoms. The minimum atomic E-state index is 0.754. The summed E-state index contributed by atoms with van der Waals surface area (Å²) in [5.74, 6) is 0. The molecule has 1 heterocycles. The van der Waals surface area contributed by atoms with E-state index in [9.17, 15) is 0 Å². The second-order valence-electron chi connectivity index (χ2n) is 1.91. The maximum atomic E-state index is 5.54. The van der Waals surface area contributed by atoms with Crippen LogP contribution in [0.3, 0.4) is 0 Å². The minimum absolute atomic E-state index is 0.754. The van der Waals surface area contributed by atoms with Gasteiger partial charge in [0.1, 0.15) is 0 Å². The van der Waals surface area contributed by atoms with Gasteiger partial charge in [-0.3, -0.25) is 0 Å². The quantitative estimate of drug-likeness (QED) is 0.557. The molecule has 2 nitrogen and oxygen atoms in total. The Morgan fingerprint density at radius 2 is 1.70 bits per heavy atom. The molecule has 3 N–H and O–H groups in total. The summed E-state index contributed by atoms with van der Waals surface area (Å²) in [4.78, 5) is 2.94. The van der Waals surface area contributed by atoms with Gasteiger partial charge in [0.15, 0.2) is 0 Å². The molecule has 0 saturated carbocycles. The monoisotopic (exact) mass is 134 g/mol. The first-order valence-electron chi connectivity index (χ1n) is 3.11. The van der Waals surface area contributed by atoms with E-state index in [4.69, 9.17) is 5.73 Å². The molecule has 0 atom stereocenters. The Labute approximate surface area is 60.0 Å². The zero-order valence-electron chi connectivity index (χ0n) is 5.62. The summed E-state index contributed by atoms with van der Waals surface area (Å²) in [6, 6.07) is 9.29. The van der Waals surface area contributed by atoms with Crippen molar-refractivity contribution in [2.45, 2.75) is 0 Å². The summed E-state index contributed by atoms with van der Waals surface area (Å²) in [5.41, 5.74) is 6.29. The van der Waals surface area contributed by atoms with Crippen molar-refractivity contribution in [3.8, 4) is 0 Å². The Hall–Kier alpha value is -1.44. The molecular formula is C8H10N2. The van der Waals surface area contributed by atoms with Crippen LogP contribution >= 0.6 is 0 Å². The van der Waals surface area contributed by atoms with Crippen LogP contribution in [-0.4, -0.2) is 4.98 Å². The van der Waals surface area contributed by atoms with Gasteiger partial charge in [0.2, 0.25) is 0 Å². The number of nitrogen functional groups attached to an aromatic ring is 1. The van der Waals surface area contributed by atoms with Crippen molar-refractivity contribution >= 4 is 5.69 Å². The highest BCUT2D eigenvalue weighted by atomic mass is 14.6. The van der Waals surface area contributed by atoms with Crippen LogP contribution in [0.25, 0.3) is 0 Å². The Kier molecular flexibility index (Phi) is 2.38. The number of anilines is 1. The van der Waals surface area contributed by atoms with Gasteiger partial charge in [0.25, 0.3) is 0 Å². The molecule has 0 radical (unpaired) electrons. The van der Waals surface area contributed by atoms with E-state index < -0.39 is 0 Å². The second-order valence-corrected chi connectivity index (χ2v) is 1.91. The van der Waals surface area contributed by atoms with Gasteiger partial charge < -0.3 is 10.7 Å². The smallest absolute Gasteiger partial charge is 0.0314 e. The number of H-pyrrole nitrogens is 1. The molecule has 0 aliphatic rings. The van der Waals surface area contributed by atoms with Crippen LogP contribution < -0.4 is 5.73 Å². The summed E-state index contributed by atoms with van der Waals surface area (Å²) in [5, 5.41) is 0. The molecule has 0 amide bonds. The minimum Gasteiger partial charge on any atom is -0.399 e. The van der Waals surface area contributed by atoms with E-state index in [1.165, 1.54) is 0 Å². The van der Waals surface area contributed by atoms with Crippen LogP contribution in [-0.2, 0) is 0 Å². The number of aromatic nitrogens is 1. The number of aromatic amines is 1. The summed E-state index contributed by atoms with van der Waals surface area (Å²) in [6.45, 7) is 0. The lowest BCUT2D eigenvalue weighted by atomic mass is 10.4. The van der Waals surface area contributed by atoms with Crippen LogP contribution in [0.5, 0.6) is 0 Å². The first-order chi connectivity index (χ1) is 4.89. The molecule has 0 fully saturated rings. The van der Waals surface area contributed by atoms with Crippen molar-refractivity contribution in [3.63, 3.8) is 0 Å². The van der Waals surface area contributed by atoms with E-state index in [-0.39, 0.29) is 0 Å². The summed E-state index contributed by atoms with van der Waals surface area (Å²) < 4.78 is 0. The molecule has 1 aromatic rings. The maximum Gasteiger partial charge on any atom is 0.0314 e. The molecule has 0 aromatic carbocycles. The van der Waals surface area contributed by atoms with E-state index in [2.05, 4.69) is 4.98 Å². The first-order valence-corrected chi connectivity index (χ1v) is 3.11. The topological polar surface area (TPSA) is 41.8 Å². The predicted molar refractivity (Wildman–Crippen MR) is 42.8 cm³/mol. The molecular weight excluding hydrogens is 124 g/mol. The fourth-order valence-corrected chi connectivity index (χ4v) is 0.604. The normalized spacial score (nSPS) is 8.40. The Bertz CT molecular complexity index is 215. The number of hydrogen-bond acceptors (Lipinski definition) is 1. The molecule has 0 aliphatic heterocycles. The molecule has 10 heavy (non-hydrogen) atoms. The Morgan fingerprint density at radius 3 is 2.60 bits per heavy atom. The van der Waals surface area contributed by atoms with Gasteiger partial charge in [-0.25, -0.2) is 0 Å². The fourth-order valence-electron chi connectivity index (χ4n) is 0.604. The van der Waals surface area contributed by atoms with E-state index in [1.807, 2.05) is 42.7 Å². The first kappa shape index (κ1) is 6.68. The molecule has 1 rings (SSSR count). The van der Waals surface area contributed by atoms with Crippen molar-refractivity contribution in [3.05, 3.63) is 42.7 Å². The van der Waals surface area contributed by atoms with Gasteiger partial charge in [-0.1, -0.05) is 6.07 Å². The van der Waals surface area contributed by atoms with E-state index in [0.717, 1.165) is 5.69 Å². The largest absolute Gasteiger partial charge is 0.399 e. The van der Waals surface area contributed by atoms with Crippen molar-refractivity contribution < 1.29 is 0 Å². The summed E-state index contributed by atoms with van der Waals surface area (Å²) in [7, 11) is 0. The van der Waals surface area contributed by atoms with Gasteiger partial charge in [-0.2, -0.15) is 0 Å². The summed E-state index contributed by atoms with van der Waals surface area (Å²) >= 11 is 0. The van der Waals surface area contributed by atoms with Gasteiger partial charge in [-0.15, -0.1) is 0 Å². The van der Waals surface area contributed by atoms with Crippen LogP contribution in [0.15, 0.2) is 42.7 Å². The van der Waals surface area contributed by atoms with Crippen LogP contribution in [0.2, 0.25) is 0 Å². The highest BCUT2D eigenvalue weighted by Crippen LogP contribution is 1.92. The van der Waals surface area contributed by atoms with Crippen molar-refractivity contribution in [2.75, 3.05) is 5.73 Å². The molecule has 1 aromatic heterocycles. The zero-order valence-corrected chi connectivity index (χ0v) is 5.62. The average molecular weight is 134 g/mol. The predicted octanol–water partition coefficient (Wildman–Crippen LogP) is 1.72. The van der Waals surface area contributed by atoms with Crippen molar-refractivity contribution in [2.24, 2.45) is 0 Å². The van der Waals surface area contributed by atoms with Gasteiger partial charge >= 0.3 is 0 Å². The van der Waals surface area contributed by atoms with Gasteiger partial charge in [-0.05, 0) is 24.3 Å². The fraction of sp³-hybridized carbons (Fsp3) is 0. The van der Waals surface area contributed by atoms with Gasteiger partial charge in [0, 0.05) is 18.1 Å². The van der Waals surface area contributed by atoms with E-state index >= 15 is 0 Å². The highest BCUT2D eigenvalue weighted by molar-refractivity contribution is 5.33. The SMILES string of the molecule is Nc1cccc[nH]ccc1. The molecule has 0 unspecified atom stereocenters. The van der Waals surface area contributed by atoms with Gasteiger partial charge in [0.05, 0.1) is 0 Å². The lowest BCUT2D eigenvalue weighted by Crippen LogP contribution is -1.77. The molecule has 0 saturated heterocycles. The number of hydrogen-bond donors (Lipinski definition) is 2. The van der Waals surface area contributed by atoms with E-state index in [1.54, 1.807) is 0 Å². The highest BCUT2D eigenvalue weighted by Gasteiger charge is 1.69. The maximum absolute atomic E-state index is 5.54. The molecule has 0 bridgehead atoms. The third-order valence-corrected chi connectivity index (χ3v) is 1.07. The molecule has 0 aliphatic carbocycles. The zero-order chi connectivity index (χ0) is 7.23. The average Bonchev–Trinajstić information content (AvgIpc) is 2.02. The number of nitrogens with two attached hydrogens (primary N) is 1. The molecule has 52 valence electrons. The van der Waals surface area contributed by atoms with Crippen LogP contribution in [0.1, 0.15) is 0 Å². The van der Waals surface area contributed by atoms with Crippen molar-refractivity contribution in [1.82, 2.24) is 4.98 Å². The molecule has 2 heteroatoms. The summed E-state index contributed by atoms with van der Waals surface area (Å²) in [6.07, 6.45) is 3.65. The number of rotatable bonds is 0. The van der Waals surface area contributed by atoms with Crippen molar-refractivity contribution in [1.29, 1.82) is 0 Å². The Morgan fingerprint density at radius 1 is 1.00 bits per heavy atom. The van der Waals surface area contributed by atoms with E-state index in [0.29, 0.717) is 0 Å².